The van der Waals surface area contributed by atoms with E-state index in [4.69, 9.17) is 0 Å². The van der Waals surface area contributed by atoms with Crippen molar-refractivity contribution in [2.75, 3.05) is 0 Å². The number of amides is 3. The zero-order chi connectivity index (χ0) is 32.4. The van der Waals surface area contributed by atoms with Crippen molar-refractivity contribution in [3.05, 3.63) is 65.7 Å². The van der Waals surface area contributed by atoms with Gasteiger partial charge in [-0.2, -0.15) is 0 Å². The third kappa shape index (κ3) is 9.21. The lowest BCUT2D eigenvalue weighted by Crippen LogP contribution is -2.56. The fraction of sp³-hybridized carbons (Fsp3) is 0.379. The highest BCUT2D eigenvalue weighted by Gasteiger charge is 2.31. The van der Waals surface area contributed by atoms with E-state index in [0.29, 0.717) is 6.42 Å². The fourth-order valence-corrected chi connectivity index (χ4v) is 4.23. The highest BCUT2D eigenvalue weighted by molar-refractivity contribution is 5.95. The van der Waals surface area contributed by atoms with Crippen LogP contribution in [0.25, 0.3) is 11.4 Å². The number of tetrazole rings is 1. The number of carbonyl (C=O) groups is 5. The van der Waals surface area contributed by atoms with Gasteiger partial charge in [-0.25, -0.2) is 13.5 Å². The summed E-state index contributed by atoms with van der Waals surface area (Å²) in [4.78, 5) is 63.0. The number of halogens is 2. The summed E-state index contributed by atoms with van der Waals surface area (Å²) in [5.41, 5.74) is 0.368. The minimum absolute atomic E-state index is 0.141. The zero-order valence-corrected chi connectivity index (χ0v) is 24.3. The molecule has 0 saturated heterocycles. The van der Waals surface area contributed by atoms with Gasteiger partial charge in [0.1, 0.15) is 30.3 Å². The first-order chi connectivity index (χ1) is 20.9. The summed E-state index contributed by atoms with van der Waals surface area (Å²) < 4.78 is 29.4. The highest BCUT2D eigenvalue weighted by Crippen LogP contribution is 2.23. The smallest absolute Gasteiger partial charge is 0.305 e. The van der Waals surface area contributed by atoms with E-state index in [-0.39, 0.29) is 18.2 Å². The average molecular weight is 614 g/mol. The molecule has 3 atom stereocenters. The standard InChI is InChI=1S/C29H33F2N7O6/c1-16(2)26(34-23(40)13-12-18-8-5-4-6-9-18)29(44)32-17(3)28(43)33-21(14-24(41)42)22(39)15-38-27(35-36-37-38)25-19(30)10-7-11-20(25)31/h4-11,16-17,21,26H,12-15H2,1-3H3,(H,32,44)(H,33,43)(H,34,40)(H,41,42)/t17-,21?,26-/m0/s1. The number of aromatic nitrogens is 4. The molecule has 0 aliphatic carbocycles. The number of ketones is 1. The summed E-state index contributed by atoms with van der Waals surface area (Å²) in [6.45, 7) is 4.03. The Morgan fingerprint density at radius 3 is 2.16 bits per heavy atom. The molecule has 3 aromatic rings. The van der Waals surface area contributed by atoms with E-state index in [2.05, 4.69) is 31.5 Å². The normalized spacial score (nSPS) is 13.0. The molecule has 0 aliphatic heterocycles. The lowest BCUT2D eigenvalue weighted by Gasteiger charge is -2.25. The number of hydrogen-bond acceptors (Lipinski definition) is 8. The Kier molecular flexibility index (Phi) is 11.7. The van der Waals surface area contributed by atoms with Crippen molar-refractivity contribution in [2.45, 2.75) is 64.7 Å². The van der Waals surface area contributed by atoms with Crippen LogP contribution >= 0.6 is 0 Å². The van der Waals surface area contributed by atoms with Crippen LogP contribution in [0.1, 0.15) is 39.2 Å². The van der Waals surface area contributed by atoms with Crippen LogP contribution in [0.15, 0.2) is 48.5 Å². The number of carbonyl (C=O) groups excluding carboxylic acids is 4. The van der Waals surface area contributed by atoms with Gasteiger partial charge in [-0.1, -0.05) is 50.2 Å². The number of Topliss-reactive ketones (excluding diaryl/α,β-unsaturated/α-hetero) is 1. The quantitative estimate of drug-likeness (QED) is 0.197. The molecule has 0 aliphatic rings. The minimum atomic E-state index is -1.60. The molecule has 1 heterocycles. The maximum atomic E-state index is 14.3. The van der Waals surface area contributed by atoms with E-state index < -0.39 is 77.7 Å². The molecule has 4 N–H and O–H groups in total. The second-order valence-corrected chi connectivity index (χ2v) is 10.4. The second kappa shape index (κ2) is 15.4. The summed E-state index contributed by atoms with van der Waals surface area (Å²) in [5, 5.41) is 27.3. The number of aryl methyl sites for hydroxylation is 1. The van der Waals surface area contributed by atoms with Gasteiger partial charge in [-0.05, 0) is 47.4 Å². The lowest BCUT2D eigenvalue weighted by molar-refractivity contribution is -0.140. The van der Waals surface area contributed by atoms with Gasteiger partial charge in [-0.3, -0.25) is 24.0 Å². The maximum Gasteiger partial charge on any atom is 0.305 e. The van der Waals surface area contributed by atoms with Crippen molar-refractivity contribution < 1.29 is 37.9 Å². The third-order valence-corrected chi connectivity index (χ3v) is 6.61. The summed E-state index contributed by atoms with van der Waals surface area (Å²) in [6, 6.07) is 8.62. The molecular weight excluding hydrogens is 580 g/mol. The molecule has 3 amide bonds. The lowest BCUT2D eigenvalue weighted by atomic mass is 10.0. The predicted octanol–water partition coefficient (Wildman–Crippen LogP) is 1.43. The van der Waals surface area contributed by atoms with E-state index in [1.807, 2.05) is 30.3 Å². The molecule has 2 aromatic carbocycles. The number of carboxylic acid groups (broad SMARTS) is 1. The number of carboxylic acids is 1. The number of aliphatic carboxylic acids is 1. The van der Waals surface area contributed by atoms with Crippen molar-refractivity contribution in [1.82, 2.24) is 36.2 Å². The molecular formula is C29H33F2N7O6. The Labute approximate surface area is 251 Å². The Morgan fingerprint density at radius 2 is 1.55 bits per heavy atom. The van der Waals surface area contributed by atoms with Crippen LogP contribution < -0.4 is 16.0 Å². The van der Waals surface area contributed by atoms with E-state index in [1.54, 1.807) is 13.8 Å². The van der Waals surface area contributed by atoms with Crippen molar-refractivity contribution in [3.8, 4) is 11.4 Å². The summed E-state index contributed by atoms with van der Waals surface area (Å²) >= 11 is 0. The third-order valence-electron chi connectivity index (χ3n) is 6.61. The number of nitrogens with one attached hydrogen (secondary N) is 3. The summed E-state index contributed by atoms with van der Waals surface area (Å²) in [6.07, 6.45) is -0.219. The van der Waals surface area contributed by atoms with Gasteiger partial charge in [-0.15, -0.1) is 5.10 Å². The SMILES string of the molecule is CC(C)[C@H](NC(=O)CCc1ccccc1)C(=O)N[C@@H](C)C(=O)NC(CC(=O)O)C(=O)Cn1nnnc1-c1c(F)cccc1F. The number of hydrogen-bond donors (Lipinski definition) is 4. The van der Waals surface area contributed by atoms with E-state index in [1.165, 1.54) is 6.92 Å². The zero-order valence-electron chi connectivity index (χ0n) is 24.3. The molecule has 15 heteroatoms. The highest BCUT2D eigenvalue weighted by atomic mass is 19.1. The second-order valence-electron chi connectivity index (χ2n) is 10.4. The van der Waals surface area contributed by atoms with Crippen LogP contribution in [-0.4, -0.2) is 72.9 Å². The largest absolute Gasteiger partial charge is 0.481 e. The molecule has 44 heavy (non-hydrogen) atoms. The average Bonchev–Trinajstić information content (AvgIpc) is 3.41. The number of rotatable bonds is 15. The van der Waals surface area contributed by atoms with Crippen molar-refractivity contribution >= 4 is 29.5 Å². The molecule has 234 valence electrons. The monoisotopic (exact) mass is 613 g/mol. The van der Waals surface area contributed by atoms with Crippen LogP contribution in [0.2, 0.25) is 0 Å². The maximum absolute atomic E-state index is 14.3. The Balaban J connectivity index is 1.64. The summed E-state index contributed by atoms with van der Waals surface area (Å²) in [5.74, 6) is -6.91. The van der Waals surface area contributed by atoms with Crippen molar-refractivity contribution in [3.63, 3.8) is 0 Å². The van der Waals surface area contributed by atoms with Gasteiger partial charge in [0.2, 0.25) is 17.7 Å². The van der Waals surface area contributed by atoms with Crippen molar-refractivity contribution in [1.29, 1.82) is 0 Å². The number of nitrogens with zero attached hydrogens (tertiary/aromatic N) is 4. The first kappa shape index (κ1) is 33.4. The molecule has 0 spiro atoms. The van der Waals surface area contributed by atoms with Gasteiger partial charge >= 0.3 is 5.97 Å². The van der Waals surface area contributed by atoms with Crippen LogP contribution in [0.5, 0.6) is 0 Å². The van der Waals surface area contributed by atoms with E-state index >= 15 is 0 Å². The molecule has 0 saturated carbocycles. The van der Waals surface area contributed by atoms with Crippen molar-refractivity contribution in [2.24, 2.45) is 5.92 Å². The molecule has 13 nitrogen and oxygen atoms in total. The molecule has 0 radical (unpaired) electrons. The van der Waals surface area contributed by atoms with Crippen LogP contribution in [0, 0.1) is 17.6 Å². The summed E-state index contributed by atoms with van der Waals surface area (Å²) in [7, 11) is 0. The van der Waals surface area contributed by atoms with Gasteiger partial charge in [0.25, 0.3) is 0 Å². The fourth-order valence-electron chi connectivity index (χ4n) is 4.23. The van der Waals surface area contributed by atoms with Gasteiger partial charge in [0, 0.05) is 6.42 Å². The molecule has 0 bridgehead atoms. The van der Waals surface area contributed by atoms with Gasteiger partial charge in [0.05, 0.1) is 18.0 Å². The number of benzene rings is 2. The van der Waals surface area contributed by atoms with Crippen LogP contribution in [-0.2, 0) is 36.9 Å². The van der Waals surface area contributed by atoms with E-state index in [9.17, 15) is 37.9 Å². The Morgan fingerprint density at radius 1 is 0.886 bits per heavy atom. The predicted molar refractivity (Wildman–Crippen MR) is 151 cm³/mol. The minimum Gasteiger partial charge on any atom is -0.481 e. The topological polar surface area (TPSA) is 185 Å². The molecule has 3 rings (SSSR count). The Bertz CT molecular complexity index is 1480. The molecule has 1 aromatic heterocycles. The molecule has 0 fully saturated rings. The van der Waals surface area contributed by atoms with Gasteiger partial charge < -0.3 is 21.1 Å². The first-order valence-corrected chi connectivity index (χ1v) is 13.8. The molecule has 1 unspecified atom stereocenters. The van der Waals surface area contributed by atoms with Crippen LogP contribution in [0.3, 0.4) is 0 Å². The van der Waals surface area contributed by atoms with E-state index in [0.717, 1.165) is 28.4 Å². The first-order valence-electron chi connectivity index (χ1n) is 13.8. The Hall–Kier alpha value is -5.08. The van der Waals surface area contributed by atoms with Crippen LogP contribution in [0.4, 0.5) is 8.78 Å². The van der Waals surface area contributed by atoms with Gasteiger partial charge in [0.15, 0.2) is 11.6 Å².